The molecule has 0 saturated heterocycles. The number of unbranched alkanes of at least 4 members (excludes halogenated alkanes) is 1. The number of carbonyl (C=O) groups excluding carboxylic acids is 1. The van der Waals surface area contributed by atoms with Gasteiger partial charge in [-0.15, -0.1) is 0 Å². The molecule has 0 aliphatic carbocycles. The summed E-state index contributed by atoms with van der Waals surface area (Å²) in [5.74, 6) is 0.711. The van der Waals surface area contributed by atoms with E-state index in [2.05, 4.69) is 45.3 Å². The molecule has 2 N–H and O–H groups in total. The molecule has 0 aliphatic heterocycles. The Bertz CT molecular complexity index is 224. The average Bonchev–Trinajstić information content (AvgIpc) is 2.26. The third-order valence-electron chi connectivity index (χ3n) is 3.65. The van der Waals surface area contributed by atoms with Crippen LogP contribution in [0.5, 0.6) is 0 Å². The Morgan fingerprint density at radius 2 is 1.82 bits per heavy atom. The van der Waals surface area contributed by atoms with Gasteiger partial charge in [0.1, 0.15) is 0 Å². The van der Waals surface area contributed by atoms with E-state index in [-0.39, 0.29) is 17.4 Å². The molecular weight excluding hydrogens is 212 g/mol. The third kappa shape index (κ3) is 6.67. The van der Waals surface area contributed by atoms with E-state index in [1.807, 2.05) is 6.92 Å². The van der Waals surface area contributed by atoms with E-state index in [1.165, 1.54) is 0 Å². The first-order valence-electron chi connectivity index (χ1n) is 6.82. The van der Waals surface area contributed by atoms with E-state index >= 15 is 0 Å². The highest BCUT2D eigenvalue weighted by molar-refractivity contribution is 5.81. The first-order chi connectivity index (χ1) is 7.81. The fourth-order valence-electron chi connectivity index (χ4n) is 1.25. The maximum absolute atomic E-state index is 11.7. The molecule has 0 bridgehead atoms. The first kappa shape index (κ1) is 16.4. The minimum absolute atomic E-state index is 0.107. The van der Waals surface area contributed by atoms with Gasteiger partial charge in [-0.25, -0.2) is 0 Å². The minimum Gasteiger partial charge on any atom is -0.355 e. The summed E-state index contributed by atoms with van der Waals surface area (Å²) in [6, 6.07) is -0.107. The molecule has 3 nitrogen and oxygen atoms in total. The second-order valence-electron chi connectivity index (χ2n) is 5.89. The van der Waals surface area contributed by atoms with E-state index in [0.29, 0.717) is 5.92 Å². The molecule has 0 rings (SSSR count). The van der Waals surface area contributed by atoms with Crippen molar-refractivity contribution in [3.63, 3.8) is 0 Å². The van der Waals surface area contributed by atoms with Crippen LogP contribution in [-0.2, 0) is 4.79 Å². The normalized spacial score (nSPS) is 13.8. The summed E-state index contributed by atoms with van der Waals surface area (Å²) < 4.78 is 0. The summed E-state index contributed by atoms with van der Waals surface area (Å²) in [7, 11) is 0. The van der Waals surface area contributed by atoms with Gasteiger partial charge in [0.25, 0.3) is 0 Å². The lowest BCUT2D eigenvalue weighted by Crippen LogP contribution is -2.46. The zero-order valence-corrected chi connectivity index (χ0v) is 12.4. The minimum atomic E-state index is -0.107. The van der Waals surface area contributed by atoms with Crippen LogP contribution in [0.1, 0.15) is 54.4 Å². The number of nitrogens with one attached hydrogen (secondary N) is 2. The summed E-state index contributed by atoms with van der Waals surface area (Å²) >= 11 is 0. The molecule has 17 heavy (non-hydrogen) atoms. The second kappa shape index (κ2) is 7.70. The number of rotatable bonds is 8. The SMILES string of the molecule is CCCCNC(=O)C(C)NCC(C)(C)C(C)C. The van der Waals surface area contributed by atoms with Crippen molar-refractivity contribution < 1.29 is 4.79 Å². The number of hydrogen-bond acceptors (Lipinski definition) is 2. The van der Waals surface area contributed by atoms with Crippen molar-refractivity contribution in [3.8, 4) is 0 Å². The number of carbonyl (C=O) groups is 1. The smallest absolute Gasteiger partial charge is 0.236 e. The molecule has 102 valence electrons. The molecule has 0 aromatic carbocycles. The monoisotopic (exact) mass is 242 g/mol. The van der Waals surface area contributed by atoms with E-state index < -0.39 is 0 Å². The fourth-order valence-corrected chi connectivity index (χ4v) is 1.25. The Morgan fingerprint density at radius 3 is 2.29 bits per heavy atom. The Labute approximate surface area is 107 Å². The quantitative estimate of drug-likeness (QED) is 0.642. The molecule has 0 fully saturated rings. The molecule has 0 heterocycles. The van der Waals surface area contributed by atoms with Gasteiger partial charge in [0.15, 0.2) is 0 Å². The van der Waals surface area contributed by atoms with Crippen LogP contribution in [0.2, 0.25) is 0 Å². The van der Waals surface area contributed by atoms with Crippen molar-refractivity contribution in [3.05, 3.63) is 0 Å². The molecule has 0 radical (unpaired) electrons. The number of hydrogen-bond donors (Lipinski definition) is 2. The Balaban J connectivity index is 3.92. The van der Waals surface area contributed by atoms with Crippen LogP contribution in [0.15, 0.2) is 0 Å². The third-order valence-corrected chi connectivity index (χ3v) is 3.65. The molecule has 1 unspecified atom stereocenters. The van der Waals surface area contributed by atoms with Crippen molar-refractivity contribution in [1.29, 1.82) is 0 Å². The summed E-state index contributed by atoms with van der Waals surface area (Å²) in [6.07, 6.45) is 2.17. The lowest BCUT2D eigenvalue weighted by Gasteiger charge is -2.30. The van der Waals surface area contributed by atoms with Gasteiger partial charge in [-0.2, -0.15) is 0 Å². The van der Waals surface area contributed by atoms with Gasteiger partial charge in [-0.05, 0) is 24.7 Å². The van der Waals surface area contributed by atoms with Gasteiger partial charge in [0.05, 0.1) is 6.04 Å². The molecule has 0 aromatic heterocycles. The van der Waals surface area contributed by atoms with Crippen LogP contribution in [0.25, 0.3) is 0 Å². The summed E-state index contributed by atoms with van der Waals surface area (Å²) in [5, 5.41) is 6.27. The Kier molecular flexibility index (Phi) is 7.44. The van der Waals surface area contributed by atoms with E-state index in [4.69, 9.17) is 0 Å². The van der Waals surface area contributed by atoms with Crippen molar-refractivity contribution in [1.82, 2.24) is 10.6 Å². The molecule has 0 aromatic rings. The zero-order valence-electron chi connectivity index (χ0n) is 12.4. The lowest BCUT2D eigenvalue weighted by molar-refractivity contribution is -0.122. The topological polar surface area (TPSA) is 41.1 Å². The van der Waals surface area contributed by atoms with Crippen molar-refractivity contribution in [2.45, 2.75) is 60.4 Å². The predicted molar refractivity (Wildman–Crippen MR) is 74.0 cm³/mol. The molecule has 0 spiro atoms. The van der Waals surface area contributed by atoms with E-state index in [0.717, 1.165) is 25.9 Å². The average molecular weight is 242 g/mol. The standard InChI is InChI=1S/C14H30N2O/c1-7-8-9-15-13(17)12(4)16-10-14(5,6)11(2)3/h11-12,16H,7-10H2,1-6H3,(H,15,17). The molecule has 3 heteroatoms. The maximum Gasteiger partial charge on any atom is 0.236 e. The summed E-state index contributed by atoms with van der Waals surface area (Å²) in [5.41, 5.74) is 0.220. The van der Waals surface area contributed by atoms with Gasteiger partial charge in [-0.1, -0.05) is 41.0 Å². The van der Waals surface area contributed by atoms with E-state index in [9.17, 15) is 4.79 Å². The van der Waals surface area contributed by atoms with Crippen LogP contribution < -0.4 is 10.6 Å². The molecular formula is C14H30N2O. The maximum atomic E-state index is 11.7. The van der Waals surface area contributed by atoms with Crippen molar-refractivity contribution in [2.24, 2.45) is 11.3 Å². The van der Waals surface area contributed by atoms with Gasteiger partial charge in [0, 0.05) is 13.1 Å². The highest BCUT2D eigenvalue weighted by atomic mass is 16.2. The Morgan fingerprint density at radius 1 is 1.24 bits per heavy atom. The van der Waals surface area contributed by atoms with Gasteiger partial charge < -0.3 is 10.6 Å². The van der Waals surface area contributed by atoms with Crippen molar-refractivity contribution >= 4 is 5.91 Å². The van der Waals surface area contributed by atoms with Gasteiger partial charge in [0.2, 0.25) is 5.91 Å². The van der Waals surface area contributed by atoms with Gasteiger partial charge in [-0.3, -0.25) is 4.79 Å². The first-order valence-corrected chi connectivity index (χ1v) is 6.82. The fraction of sp³-hybridized carbons (Fsp3) is 0.929. The molecule has 0 aliphatic rings. The highest BCUT2D eigenvalue weighted by Gasteiger charge is 2.23. The van der Waals surface area contributed by atoms with Crippen LogP contribution in [-0.4, -0.2) is 25.0 Å². The highest BCUT2D eigenvalue weighted by Crippen LogP contribution is 2.24. The van der Waals surface area contributed by atoms with Crippen LogP contribution in [0.3, 0.4) is 0 Å². The number of amides is 1. The van der Waals surface area contributed by atoms with Crippen LogP contribution in [0, 0.1) is 11.3 Å². The largest absolute Gasteiger partial charge is 0.355 e. The van der Waals surface area contributed by atoms with Crippen LogP contribution >= 0.6 is 0 Å². The molecule has 0 saturated carbocycles. The van der Waals surface area contributed by atoms with Gasteiger partial charge >= 0.3 is 0 Å². The molecule has 1 amide bonds. The lowest BCUT2D eigenvalue weighted by atomic mass is 9.81. The van der Waals surface area contributed by atoms with Crippen LogP contribution in [0.4, 0.5) is 0 Å². The van der Waals surface area contributed by atoms with E-state index in [1.54, 1.807) is 0 Å². The summed E-state index contributed by atoms with van der Waals surface area (Å²) in [6.45, 7) is 14.6. The molecule has 1 atom stereocenters. The predicted octanol–water partition coefficient (Wildman–Crippen LogP) is 2.56. The summed E-state index contributed by atoms with van der Waals surface area (Å²) in [4.78, 5) is 11.7. The zero-order chi connectivity index (χ0) is 13.5. The Hall–Kier alpha value is -0.570. The second-order valence-corrected chi connectivity index (χ2v) is 5.89. The van der Waals surface area contributed by atoms with Crippen molar-refractivity contribution in [2.75, 3.05) is 13.1 Å².